The van der Waals surface area contributed by atoms with Gasteiger partial charge < -0.3 is 5.11 Å². The lowest BCUT2D eigenvalue weighted by atomic mass is 10.1. The number of benzene rings is 1. The zero-order valence-corrected chi connectivity index (χ0v) is 11.0. The maximum atomic E-state index is 9.99. The van der Waals surface area contributed by atoms with E-state index >= 15 is 0 Å². The fraction of sp³-hybridized carbons (Fsp3) is 0.500. The molecule has 2 fully saturated rings. The normalized spacial score (nSPS) is 32.1. The maximum absolute atomic E-state index is 9.99. The molecule has 1 saturated carbocycles. The Labute approximate surface area is 109 Å². The van der Waals surface area contributed by atoms with Crippen molar-refractivity contribution in [3.8, 4) is 0 Å². The van der Waals surface area contributed by atoms with E-state index in [0.29, 0.717) is 5.92 Å². The summed E-state index contributed by atoms with van der Waals surface area (Å²) < 4.78 is 0. The number of piperidine rings is 1. The summed E-state index contributed by atoms with van der Waals surface area (Å²) in [7, 11) is 0. The van der Waals surface area contributed by atoms with Gasteiger partial charge in [0.1, 0.15) is 0 Å². The molecule has 2 heteroatoms. The first-order chi connectivity index (χ1) is 8.66. The van der Waals surface area contributed by atoms with Gasteiger partial charge in [0, 0.05) is 25.6 Å². The minimum absolute atomic E-state index is 0.284. The van der Waals surface area contributed by atoms with Gasteiger partial charge in [0.2, 0.25) is 0 Å². The second-order valence-corrected chi connectivity index (χ2v) is 5.89. The second-order valence-electron chi connectivity index (χ2n) is 5.89. The fourth-order valence-electron chi connectivity index (χ4n) is 3.04. The van der Waals surface area contributed by atoms with Crippen LogP contribution in [0.5, 0.6) is 0 Å². The summed E-state index contributed by atoms with van der Waals surface area (Å²) in [6.07, 6.45) is 4.23. The second kappa shape index (κ2) is 4.52. The van der Waals surface area contributed by atoms with E-state index in [1.165, 1.54) is 11.1 Å². The highest BCUT2D eigenvalue weighted by atomic mass is 16.3. The number of aliphatic hydroxyl groups is 1. The van der Waals surface area contributed by atoms with Crippen molar-refractivity contribution >= 4 is 6.08 Å². The van der Waals surface area contributed by atoms with Crippen LogP contribution in [0.25, 0.3) is 6.08 Å². The Morgan fingerprint density at radius 1 is 1.44 bits per heavy atom. The van der Waals surface area contributed by atoms with Gasteiger partial charge >= 0.3 is 0 Å². The summed E-state index contributed by atoms with van der Waals surface area (Å²) in [6, 6.07) is 10.5. The van der Waals surface area contributed by atoms with Gasteiger partial charge in [0.25, 0.3) is 0 Å². The van der Waals surface area contributed by atoms with Crippen LogP contribution in [0.2, 0.25) is 0 Å². The van der Waals surface area contributed by atoms with E-state index in [4.69, 9.17) is 0 Å². The number of fused-ring (bicyclic) bond motifs is 1. The smallest absolute Gasteiger partial charge is 0.0705 e. The topological polar surface area (TPSA) is 23.5 Å². The van der Waals surface area contributed by atoms with Crippen LogP contribution in [-0.2, 0) is 0 Å². The Kier molecular flexibility index (Phi) is 3.00. The highest BCUT2D eigenvalue weighted by molar-refractivity contribution is 5.52. The van der Waals surface area contributed by atoms with Gasteiger partial charge in [-0.25, -0.2) is 0 Å². The number of hydrogen-bond donors (Lipinski definition) is 1. The Balaban J connectivity index is 1.58. The summed E-state index contributed by atoms with van der Waals surface area (Å²) in [5.41, 5.74) is 2.38. The highest BCUT2D eigenvalue weighted by Gasteiger charge is 2.55. The molecule has 3 rings (SSSR count). The van der Waals surface area contributed by atoms with Crippen LogP contribution >= 0.6 is 0 Å². The molecule has 0 aromatic heterocycles. The van der Waals surface area contributed by atoms with Crippen molar-refractivity contribution in [1.29, 1.82) is 0 Å². The first kappa shape index (κ1) is 11.9. The molecule has 1 aliphatic carbocycles. The van der Waals surface area contributed by atoms with Crippen molar-refractivity contribution in [2.75, 3.05) is 19.6 Å². The lowest BCUT2D eigenvalue weighted by Gasteiger charge is -2.29. The molecule has 1 aromatic carbocycles. The third kappa shape index (κ3) is 2.50. The molecule has 0 amide bonds. The molecule has 18 heavy (non-hydrogen) atoms. The van der Waals surface area contributed by atoms with Crippen LogP contribution in [0, 0.1) is 5.92 Å². The summed E-state index contributed by atoms with van der Waals surface area (Å²) in [4.78, 5) is 2.47. The van der Waals surface area contributed by atoms with Gasteiger partial charge in [-0.1, -0.05) is 42.0 Å². The molecule has 1 aliphatic heterocycles. The molecule has 0 radical (unpaired) electrons. The predicted molar refractivity (Wildman–Crippen MR) is 74.2 cm³/mol. The van der Waals surface area contributed by atoms with Gasteiger partial charge in [-0.05, 0) is 25.3 Å². The zero-order chi connectivity index (χ0) is 12.6. The quantitative estimate of drug-likeness (QED) is 0.882. The predicted octanol–water partition coefficient (Wildman–Crippen LogP) is 2.55. The SMILES string of the molecule is C/C(=C\c1ccccc1)CN1CC[C@@]2(O)C[C@H]2C1. The third-order valence-corrected chi connectivity index (χ3v) is 4.22. The molecule has 0 bridgehead atoms. The maximum Gasteiger partial charge on any atom is 0.0705 e. The number of rotatable bonds is 3. The average molecular weight is 243 g/mol. The molecule has 96 valence electrons. The first-order valence-electron chi connectivity index (χ1n) is 6.83. The van der Waals surface area contributed by atoms with Crippen molar-refractivity contribution < 1.29 is 5.11 Å². The molecule has 1 aromatic rings. The summed E-state index contributed by atoms with van der Waals surface area (Å²) in [5, 5.41) is 9.99. The van der Waals surface area contributed by atoms with E-state index in [2.05, 4.69) is 42.2 Å². The molecule has 1 saturated heterocycles. The van der Waals surface area contributed by atoms with Gasteiger partial charge in [-0.2, -0.15) is 0 Å². The van der Waals surface area contributed by atoms with E-state index in [1.807, 2.05) is 6.07 Å². The van der Waals surface area contributed by atoms with Crippen molar-refractivity contribution in [1.82, 2.24) is 4.90 Å². The standard InChI is InChI=1S/C16H21NO/c1-13(9-14-5-3-2-4-6-14)11-17-8-7-16(18)10-15(16)12-17/h2-6,9,15,18H,7-8,10-12H2,1H3/b13-9+/t15-,16+/m0/s1. The third-order valence-electron chi connectivity index (χ3n) is 4.22. The lowest BCUT2D eigenvalue weighted by Crippen LogP contribution is -2.38. The summed E-state index contributed by atoms with van der Waals surface area (Å²) in [5.74, 6) is 0.538. The van der Waals surface area contributed by atoms with Crippen LogP contribution in [-0.4, -0.2) is 35.2 Å². The Hall–Kier alpha value is -1.12. The van der Waals surface area contributed by atoms with Crippen LogP contribution in [0.15, 0.2) is 35.9 Å². The van der Waals surface area contributed by atoms with Crippen LogP contribution in [0.4, 0.5) is 0 Å². The van der Waals surface area contributed by atoms with E-state index < -0.39 is 0 Å². The molecular formula is C16H21NO. The zero-order valence-electron chi connectivity index (χ0n) is 11.0. The Bertz CT molecular complexity index is 453. The Morgan fingerprint density at radius 3 is 2.94 bits per heavy atom. The van der Waals surface area contributed by atoms with Crippen LogP contribution < -0.4 is 0 Å². The van der Waals surface area contributed by atoms with Crippen LogP contribution in [0.1, 0.15) is 25.3 Å². The molecule has 2 atom stereocenters. The van der Waals surface area contributed by atoms with E-state index in [1.54, 1.807) is 0 Å². The largest absolute Gasteiger partial charge is 0.389 e. The number of likely N-dealkylation sites (tertiary alicyclic amines) is 1. The molecule has 1 heterocycles. The Morgan fingerprint density at radius 2 is 2.22 bits per heavy atom. The minimum Gasteiger partial charge on any atom is -0.389 e. The van der Waals surface area contributed by atoms with Gasteiger partial charge in [-0.3, -0.25) is 4.90 Å². The summed E-state index contributed by atoms with van der Waals surface area (Å²) >= 11 is 0. The van der Waals surface area contributed by atoms with Crippen molar-refractivity contribution in [3.63, 3.8) is 0 Å². The molecular weight excluding hydrogens is 222 g/mol. The number of nitrogens with zero attached hydrogens (tertiary/aromatic N) is 1. The molecule has 0 unspecified atom stereocenters. The number of hydrogen-bond acceptors (Lipinski definition) is 2. The highest BCUT2D eigenvalue weighted by Crippen LogP contribution is 2.49. The van der Waals surface area contributed by atoms with E-state index in [0.717, 1.165) is 32.5 Å². The molecule has 0 spiro atoms. The monoisotopic (exact) mass is 243 g/mol. The van der Waals surface area contributed by atoms with Crippen molar-refractivity contribution in [3.05, 3.63) is 41.5 Å². The lowest BCUT2D eigenvalue weighted by molar-refractivity contribution is 0.0680. The van der Waals surface area contributed by atoms with E-state index in [-0.39, 0.29) is 5.60 Å². The molecule has 1 N–H and O–H groups in total. The van der Waals surface area contributed by atoms with E-state index in [9.17, 15) is 5.11 Å². The van der Waals surface area contributed by atoms with Gasteiger partial charge in [-0.15, -0.1) is 0 Å². The minimum atomic E-state index is -0.284. The molecule has 2 nitrogen and oxygen atoms in total. The van der Waals surface area contributed by atoms with Crippen molar-refractivity contribution in [2.45, 2.75) is 25.4 Å². The average Bonchev–Trinajstić information content (AvgIpc) is 3.01. The van der Waals surface area contributed by atoms with Gasteiger partial charge in [0.05, 0.1) is 5.60 Å². The molecule has 2 aliphatic rings. The first-order valence-corrected chi connectivity index (χ1v) is 6.83. The van der Waals surface area contributed by atoms with Gasteiger partial charge in [0.15, 0.2) is 0 Å². The van der Waals surface area contributed by atoms with Crippen molar-refractivity contribution in [2.24, 2.45) is 5.92 Å². The fourth-order valence-corrected chi connectivity index (χ4v) is 3.04. The van der Waals surface area contributed by atoms with Crippen LogP contribution in [0.3, 0.4) is 0 Å². The summed E-state index contributed by atoms with van der Waals surface area (Å²) in [6.45, 7) is 5.33.